The van der Waals surface area contributed by atoms with Crippen LogP contribution in [0, 0.1) is 0 Å². The molecular formula is C13H20N4S. The van der Waals surface area contributed by atoms with Gasteiger partial charge in [0.25, 0.3) is 0 Å². The Kier molecular flexibility index (Phi) is 3.20. The lowest BCUT2D eigenvalue weighted by Gasteiger charge is -2.39. The molecule has 98 valence electrons. The molecule has 0 saturated carbocycles. The second-order valence-corrected chi connectivity index (χ2v) is 6.64. The molecule has 2 atom stereocenters. The van der Waals surface area contributed by atoms with Crippen molar-refractivity contribution in [2.24, 2.45) is 0 Å². The summed E-state index contributed by atoms with van der Waals surface area (Å²) in [6.45, 7) is 7.85. The summed E-state index contributed by atoms with van der Waals surface area (Å²) in [5.74, 6) is 2.21. The van der Waals surface area contributed by atoms with E-state index < -0.39 is 0 Å². The van der Waals surface area contributed by atoms with Crippen LogP contribution >= 0.6 is 11.8 Å². The smallest absolute Gasteiger partial charge is 0.136 e. The van der Waals surface area contributed by atoms with E-state index in [9.17, 15) is 0 Å². The molecule has 1 fully saturated rings. The van der Waals surface area contributed by atoms with Gasteiger partial charge in [0.15, 0.2) is 0 Å². The van der Waals surface area contributed by atoms with Crippen LogP contribution in [0.4, 0.5) is 5.82 Å². The Balaban J connectivity index is 1.95. The monoisotopic (exact) mass is 264 g/mol. The number of piperazine rings is 1. The Hall–Kier alpha value is -0.810. The molecule has 0 spiro atoms. The molecule has 2 aliphatic heterocycles. The maximum atomic E-state index is 4.58. The molecule has 1 aromatic rings. The summed E-state index contributed by atoms with van der Waals surface area (Å²) in [4.78, 5) is 13.9. The van der Waals surface area contributed by atoms with E-state index in [1.54, 1.807) is 6.33 Å². The molecular weight excluding hydrogens is 244 g/mol. The third-order valence-corrected chi connectivity index (χ3v) is 5.10. The van der Waals surface area contributed by atoms with Crippen molar-refractivity contribution < 1.29 is 0 Å². The minimum Gasteiger partial charge on any atom is -0.351 e. The van der Waals surface area contributed by atoms with Crippen molar-refractivity contribution in [3.63, 3.8) is 0 Å². The summed E-state index contributed by atoms with van der Waals surface area (Å²) in [5.41, 5.74) is 2.61. The Morgan fingerprint density at radius 2 is 2.11 bits per heavy atom. The minimum absolute atomic E-state index is 0.528. The van der Waals surface area contributed by atoms with E-state index in [2.05, 4.69) is 40.7 Å². The van der Waals surface area contributed by atoms with Crippen molar-refractivity contribution in [3.05, 3.63) is 17.6 Å². The Morgan fingerprint density at radius 1 is 1.28 bits per heavy atom. The first-order chi connectivity index (χ1) is 8.66. The molecule has 1 saturated heterocycles. The van der Waals surface area contributed by atoms with E-state index in [1.807, 2.05) is 11.8 Å². The summed E-state index contributed by atoms with van der Waals surface area (Å²) >= 11 is 1.97. The fraction of sp³-hybridized carbons (Fsp3) is 0.692. The van der Waals surface area contributed by atoms with Gasteiger partial charge in [-0.1, -0.05) is 0 Å². The summed E-state index contributed by atoms with van der Waals surface area (Å²) in [6.07, 6.45) is 1.73. The molecule has 3 heterocycles. The third-order valence-electron chi connectivity index (χ3n) is 3.92. The van der Waals surface area contributed by atoms with Gasteiger partial charge < -0.3 is 9.80 Å². The largest absolute Gasteiger partial charge is 0.351 e. The zero-order chi connectivity index (χ0) is 12.7. The highest BCUT2D eigenvalue weighted by Crippen LogP contribution is 2.44. The fourth-order valence-corrected chi connectivity index (χ4v) is 3.97. The maximum Gasteiger partial charge on any atom is 0.136 e. The van der Waals surface area contributed by atoms with Gasteiger partial charge in [0.1, 0.15) is 12.1 Å². The van der Waals surface area contributed by atoms with E-state index in [0.717, 1.165) is 25.4 Å². The highest BCUT2D eigenvalue weighted by Gasteiger charge is 2.30. The number of nitrogens with zero attached hydrogens (tertiary/aromatic N) is 4. The molecule has 0 radical (unpaired) electrons. The van der Waals surface area contributed by atoms with Gasteiger partial charge >= 0.3 is 0 Å². The summed E-state index contributed by atoms with van der Waals surface area (Å²) in [5, 5.41) is 0.531. The number of thioether (sulfide) groups is 1. The van der Waals surface area contributed by atoms with Crippen LogP contribution in [0.5, 0.6) is 0 Å². The molecule has 4 nitrogen and oxygen atoms in total. The van der Waals surface area contributed by atoms with Crippen LogP contribution in [0.3, 0.4) is 0 Å². The molecule has 0 bridgehead atoms. The molecule has 1 unspecified atom stereocenters. The van der Waals surface area contributed by atoms with Crippen LogP contribution in [-0.4, -0.2) is 47.6 Å². The van der Waals surface area contributed by atoms with Gasteiger partial charge in [-0.15, -0.1) is 11.8 Å². The van der Waals surface area contributed by atoms with Crippen molar-refractivity contribution in [1.82, 2.24) is 14.9 Å². The minimum atomic E-state index is 0.528. The van der Waals surface area contributed by atoms with Gasteiger partial charge in [-0.05, 0) is 20.9 Å². The van der Waals surface area contributed by atoms with Gasteiger partial charge in [-0.3, -0.25) is 0 Å². The van der Waals surface area contributed by atoms with Crippen LogP contribution in [0.25, 0.3) is 0 Å². The number of hydrogen-bond donors (Lipinski definition) is 0. The van der Waals surface area contributed by atoms with Crippen molar-refractivity contribution >= 4 is 17.6 Å². The lowest BCUT2D eigenvalue weighted by Crippen LogP contribution is -2.51. The fourth-order valence-electron chi connectivity index (χ4n) is 2.92. The summed E-state index contributed by atoms with van der Waals surface area (Å²) in [6, 6.07) is 0.528. The molecule has 0 N–H and O–H groups in total. The first kappa shape index (κ1) is 12.2. The van der Waals surface area contributed by atoms with E-state index in [0.29, 0.717) is 11.3 Å². The van der Waals surface area contributed by atoms with E-state index in [-0.39, 0.29) is 0 Å². The quantitative estimate of drug-likeness (QED) is 0.774. The third kappa shape index (κ3) is 1.99. The van der Waals surface area contributed by atoms with Crippen molar-refractivity contribution in [1.29, 1.82) is 0 Å². The van der Waals surface area contributed by atoms with E-state index in [4.69, 9.17) is 0 Å². The summed E-state index contributed by atoms with van der Waals surface area (Å²) < 4.78 is 0. The Bertz CT molecular complexity index is 451. The number of anilines is 1. The molecule has 5 heteroatoms. The molecule has 18 heavy (non-hydrogen) atoms. The van der Waals surface area contributed by atoms with E-state index in [1.165, 1.54) is 17.1 Å². The van der Waals surface area contributed by atoms with Crippen LogP contribution in [0.2, 0.25) is 0 Å². The zero-order valence-corrected chi connectivity index (χ0v) is 12.1. The predicted octanol–water partition coefficient (Wildman–Crippen LogP) is 1.92. The summed E-state index contributed by atoms with van der Waals surface area (Å²) in [7, 11) is 2.19. The number of rotatable bonds is 1. The van der Waals surface area contributed by atoms with Gasteiger partial charge in [-0.2, -0.15) is 0 Å². The zero-order valence-electron chi connectivity index (χ0n) is 11.3. The topological polar surface area (TPSA) is 32.3 Å². The number of fused-ring (bicyclic) bond motifs is 1. The van der Waals surface area contributed by atoms with Crippen LogP contribution in [0.1, 0.15) is 30.4 Å². The van der Waals surface area contributed by atoms with Crippen molar-refractivity contribution in [3.8, 4) is 0 Å². The average molecular weight is 264 g/mol. The number of hydrogen-bond acceptors (Lipinski definition) is 5. The van der Waals surface area contributed by atoms with Crippen LogP contribution in [-0.2, 0) is 5.75 Å². The van der Waals surface area contributed by atoms with E-state index >= 15 is 0 Å². The molecule has 1 aromatic heterocycles. The second-order valence-electron chi connectivity index (χ2n) is 5.32. The molecule has 0 amide bonds. The lowest BCUT2D eigenvalue weighted by atomic mass is 10.1. The van der Waals surface area contributed by atoms with Crippen molar-refractivity contribution in [2.75, 3.05) is 31.6 Å². The van der Waals surface area contributed by atoms with Gasteiger partial charge in [0, 0.05) is 42.2 Å². The molecule has 2 aliphatic rings. The first-order valence-electron chi connectivity index (χ1n) is 6.57. The van der Waals surface area contributed by atoms with Crippen LogP contribution < -0.4 is 4.90 Å². The number of likely N-dealkylation sites (N-methyl/N-ethyl adjacent to an activating group) is 1. The van der Waals surface area contributed by atoms with Gasteiger partial charge in [-0.25, -0.2) is 9.97 Å². The molecule has 3 rings (SSSR count). The highest BCUT2D eigenvalue weighted by molar-refractivity contribution is 7.99. The Morgan fingerprint density at radius 3 is 2.89 bits per heavy atom. The highest BCUT2D eigenvalue weighted by atomic mass is 32.2. The molecule has 0 aliphatic carbocycles. The predicted molar refractivity (Wildman–Crippen MR) is 76.0 cm³/mol. The second kappa shape index (κ2) is 4.70. The maximum absolute atomic E-state index is 4.58. The van der Waals surface area contributed by atoms with Gasteiger partial charge in [0.05, 0.1) is 5.69 Å². The lowest BCUT2D eigenvalue weighted by molar-refractivity contribution is 0.274. The van der Waals surface area contributed by atoms with Gasteiger partial charge in [0.2, 0.25) is 0 Å². The molecule has 0 aromatic carbocycles. The standard InChI is InChI=1S/C13H20N4S/c1-9-6-16(3)4-5-17(9)13-12-10(2)18-7-11(12)14-8-15-13/h8-10H,4-7H2,1-3H3/t9-,10?/m0/s1. The SMILES string of the molecule is CC1SCc2ncnc(N3CCN(C)C[C@@H]3C)c21. The number of aromatic nitrogens is 2. The Labute approximate surface area is 113 Å². The van der Waals surface area contributed by atoms with Crippen LogP contribution in [0.15, 0.2) is 6.33 Å². The average Bonchev–Trinajstić information content (AvgIpc) is 2.72. The normalized spacial score (nSPS) is 28.5. The van der Waals surface area contributed by atoms with Crippen molar-refractivity contribution in [2.45, 2.75) is 30.9 Å². The first-order valence-corrected chi connectivity index (χ1v) is 7.62.